The SMILES string of the molecule is CCc1ccc(S(=O)(=O)N2CCN(c3ccc(-n4ccc(C)n4)nn3)CC2)cc1. The zero-order chi connectivity index (χ0) is 20.4. The first-order chi connectivity index (χ1) is 14.0. The first kappa shape index (κ1) is 19.5. The average molecular weight is 413 g/mol. The van der Waals surface area contributed by atoms with Crippen molar-refractivity contribution in [3.63, 3.8) is 0 Å². The highest BCUT2D eigenvalue weighted by atomic mass is 32.2. The smallest absolute Gasteiger partial charge is 0.243 e. The number of nitrogens with zero attached hydrogens (tertiary/aromatic N) is 6. The maximum absolute atomic E-state index is 12.9. The fourth-order valence-electron chi connectivity index (χ4n) is 3.36. The number of piperazine rings is 1. The van der Waals surface area contributed by atoms with Gasteiger partial charge in [0.1, 0.15) is 0 Å². The summed E-state index contributed by atoms with van der Waals surface area (Å²) < 4.78 is 29.0. The van der Waals surface area contributed by atoms with Gasteiger partial charge in [-0.1, -0.05) is 19.1 Å². The van der Waals surface area contributed by atoms with E-state index in [0.717, 1.165) is 23.5 Å². The fourth-order valence-corrected chi connectivity index (χ4v) is 4.78. The highest BCUT2D eigenvalue weighted by Gasteiger charge is 2.29. The molecule has 0 unspecified atom stereocenters. The van der Waals surface area contributed by atoms with Crippen molar-refractivity contribution in [1.29, 1.82) is 0 Å². The number of sulfonamides is 1. The lowest BCUT2D eigenvalue weighted by molar-refractivity contribution is 0.383. The first-order valence-electron chi connectivity index (χ1n) is 9.68. The van der Waals surface area contributed by atoms with E-state index in [-0.39, 0.29) is 0 Å². The summed E-state index contributed by atoms with van der Waals surface area (Å²) >= 11 is 0. The molecule has 0 amide bonds. The lowest BCUT2D eigenvalue weighted by atomic mass is 10.2. The van der Waals surface area contributed by atoms with Crippen LogP contribution in [0.4, 0.5) is 5.82 Å². The van der Waals surface area contributed by atoms with E-state index in [1.807, 2.05) is 50.4 Å². The average Bonchev–Trinajstić information content (AvgIpc) is 3.20. The summed E-state index contributed by atoms with van der Waals surface area (Å²) in [6.07, 6.45) is 2.73. The minimum Gasteiger partial charge on any atom is -0.352 e. The van der Waals surface area contributed by atoms with E-state index in [2.05, 4.69) is 20.2 Å². The first-order valence-corrected chi connectivity index (χ1v) is 11.1. The van der Waals surface area contributed by atoms with Crippen LogP contribution in [0.1, 0.15) is 18.2 Å². The molecule has 9 heteroatoms. The van der Waals surface area contributed by atoms with E-state index < -0.39 is 10.0 Å². The minimum absolute atomic E-state index is 0.349. The quantitative estimate of drug-likeness (QED) is 0.638. The Labute approximate surface area is 170 Å². The molecular weight excluding hydrogens is 388 g/mol. The maximum Gasteiger partial charge on any atom is 0.243 e. The summed E-state index contributed by atoms with van der Waals surface area (Å²) in [5, 5.41) is 12.9. The summed E-state index contributed by atoms with van der Waals surface area (Å²) in [6.45, 7) is 5.94. The van der Waals surface area contributed by atoms with Gasteiger partial charge in [-0.2, -0.15) is 9.40 Å². The fraction of sp³-hybridized carbons (Fsp3) is 0.350. The van der Waals surface area contributed by atoms with Crippen LogP contribution in [-0.2, 0) is 16.4 Å². The predicted molar refractivity (Wildman–Crippen MR) is 111 cm³/mol. The molecule has 0 atom stereocenters. The summed E-state index contributed by atoms with van der Waals surface area (Å²) in [4.78, 5) is 2.40. The molecule has 3 heterocycles. The molecule has 0 radical (unpaired) electrons. The van der Waals surface area contributed by atoms with Crippen LogP contribution in [0, 0.1) is 6.92 Å². The lowest BCUT2D eigenvalue weighted by Crippen LogP contribution is -2.49. The molecule has 0 spiro atoms. The van der Waals surface area contributed by atoms with Gasteiger partial charge in [-0.05, 0) is 49.2 Å². The van der Waals surface area contributed by atoms with Gasteiger partial charge in [0.05, 0.1) is 10.6 Å². The Balaban J connectivity index is 1.42. The highest BCUT2D eigenvalue weighted by molar-refractivity contribution is 7.89. The third kappa shape index (κ3) is 4.01. The van der Waals surface area contributed by atoms with E-state index in [0.29, 0.717) is 36.9 Å². The van der Waals surface area contributed by atoms with Gasteiger partial charge in [-0.3, -0.25) is 0 Å². The standard InChI is InChI=1S/C20H24N6O2S/c1-3-17-4-6-18(7-5-17)29(27,28)25-14-12-24(13-15-25)19-8-9-20(22-21-19)26-11-10-16(2)23-26/h4-11H,3,12-15H2,1-2H3. The van der Waals surface area contributed by atoms with Crippen molar-refractivity contribution in [3.05, 3.63) is 59.9 Å². The van der Waals surface area contributed by atoms with Crippen molar-refractivity contribution in [2.24, 2.45) is 0 Å². The molecule has 1 aromatic carbocycles. The van der Waals surface area contributed by atoms with Gasteiger partial charge >= 0.3 is 0 Å². The van der Waals surface area contributed by atoms with Crippen LogP contribution in [0.2, 0.25) is 0 Å². The van der Waals surface area contributed by atoms with Crippen LogP contribution in [0.25, 0.3) is 5.82 Å². The van der Waals surface area contributed by atoms with Gasteiger partial charge < -0.3 is 4.90 Å². The van der Waals surface area contributed by atoms with E-state index >= 15 is 0 Å². The van der Waals surface area contributed by atoms with E-state index in [1.165, 1.54) is 0 Å². The third-order valence-corrected chi connectivity index (χ3v) is 7.04. The molecule has 1 saturated heterocycles. The van der Waals surface area contributed by atoms with Crippen LogP contribution >= 0.6 is 0 Å². The zero-order valence-corrected chi connectivity index (χ0v) is 17.4. The summed E-state index contributed by atoms with van der Waals surface area (Å²) in [7, 11) is -3.47. The molecule has 4 rings (SSSR count). The number of aromatic nitrogens is 4. The van der Waals surface area contributed by atoms with E-state index in [9.17, 15) is 8.42 Å². The number of hydrogen-bond donors (Lipinski definition) is 0. The molecule has 29 heavy (non-hydrogen) atoms. The van der Waals surface area contributed by atoms with Crippen molar-refractivity contribution < 1.29 is 8.42 Å². The molecule has 8 nitrogen and oxygen atoms in total. The predicted octanol–water partition coefficient (Wildman–Crippen LogP) is 2.04. The lowest BCUT2D eigenvalue weighted by Gasteiger charge is -2.34. The van der Waals surface area contributed by atoms with E-state index in [4.69, 9.17) is 0 Å². The van der Waals surface area contributed by atoms with Crippen LogP contribution in [-0.4, -0.2) is 58.9 Å². The Morgan fingerprint density at radius 3 is 2.10 bits per heavy atom. The van der Waals surface area contributed by atoms with E-state index in [1.54, 1.807) is 21.1 Å². The molecule has 0 saturated carbocycles. The Kier molecular flexibility index (Phi) is 5.33. The molecule has 0 aliphatic carbocycles. The molecular formula is C20H24N6O2S. The zero-order valence-electron chi connectivity index (χ0n) is 16.6. The Bertz CT molecular complexity index is 1070. The second-order valence-electron chi connectivity index (χ2n) is 7.04. The van der Waals surface area contributed by atoms with Crippen LogP contribution in [0.15, 0.2) is 53.6 Å². The van der Waals surface area contributed by atoms with Crippen LogP contribution in [0.5, 0.6) is 0 Å². The largest absolute Gasteiger partial charge is 0.352 e. The van der Waals surface area contributed by atoms with Crippen molar-refractivity contribution in [2.75, 3.05) is 31.1 Å². The van der Waals surface area contributed by atoms with Crippen molar-refractivity contribution in [2.45, 2.75) is 25.2 Å². The molecule has 1 aliphatic heterocycles. The van der Waals surface area contributed by atoms with Gasteiger partial charge in [0.15, 0.2) is 11.6 Å². The number of hydrogen-bond acceptors (Lipinski definition) is 6. The van der Waals surface area contributed by atoms with Crippen molar-refractivity contribution in [3.8, 4) is 5.82 Å². The summed E-state index contributed by atoms with van der Waals surface area (Å²) in [6, 6.07) is 12.8. The van der Waals surface area contributed by atoms with Gasteiger partial charge in [0.25, 0.3) is 0 Å². The maximum atomic E-state index is 12.9. The number of rotatable bonds is 5. The highest BCUT2D eigenvalue weighted by Crippen LogP contribution is 2.20. The number of benzene rings is 1. The van der Waals surface area contributed by atoms with Crippen molar-refractivity contribution >= 4 is 15.8 Å². The molecule has 1 fully saturated rings. The summed E-state index contributed by atoms with van der Waals surface area (Å²) in [5.41, 5.74) is 2.04. The number of anilines is 1. The third-order valence-electron chi connectivity index (χ3n) is 5.13. The molecule has 0 bridgehead atoms. The van der Waals surface area contributed by atoms with Crippen LogP contribution < -0.4 is 4.90 Å². The molecule has 0 N–H and O–H groups in total. The van der Waals surface area contributed by atoms with Gasteiger partial charge in [-0.25, -0.2) is 13.1 Å². The molecule has 152 valence electrons. The van der Waals surface area contributed by atoms with Gasteiger partial charge in [-0.15, -0.1) is 10.2 Å². The Morgan fingerprint density at radius 2 is 1.55 bits per heavy atom. The minimum atomic E-state index is -3.47. The monoisotopic (exact) mass is 412 g/mol. The number of aryl methyl sites for hydroxylation is 2. The van der Waals surface area contributed by atoms with Crippen LogP contribution in [0.3, 0.4) is 0 Å². The Morgan fingerprint density at radius 1 is 0.897 bits per heavy atom. The molecule has 3 aromatic rings. The molecule has 2 aromatic heterocycles. The second-order valence-corrected chi connectivity index (χ2v) is 8.98. The van der Waals surface area contributed by atoms with Crippen molar-refractivity contribution in [1.82, 2.24) is 24.3 Å². The molecule has 1 aliphatic rings. The second kappa shape index (κ2) is 7.92. The topological polar surface area (TPSA) is 84.2 Å². The summed E-state index contributed by atoms with van der Waals surface area (Å²) in [5.74, 6) is 1.39. The van der Waals surface area contributed by atoms with Gasteiger partial charge in [0.2, 0.25) is 10.0 Å². The van der Waals surface area contributed by atoms with Gasteiger partial charge in [0, 0.05) is 32.4 Å². The normalized spacial score (nSPS) is 15.6. The Hall–Kier alpha value is -2.78.